The molecule has 3 rings (SSSR count). The smallest absolute Gasteiger partial charge is 0.408 e. The minimum atomic E-state index is -1.04. The first kappa shape index (κ1) is 30.2. The molecular formula is C30H39N5O5. The third-order valence-corrected chi connectivity index (χ3v) is 6.30. The molecule has 0 aliphatic heterocycles. The predicted molar refractivity (Wildman–Crippen MR) is 153 cm³/mol. The van der Waals surface area contributed by atoms with Crippen LogP contribution in [0, 0.1) is 5.92 Å². The highest BCUT2D eigenvalue weighted by molar-refractivity contribution is 5.94. The summed E-state index contributed by atoms with van der Waals surface area (Å²) in [6.45, 7) is 8.73. The molecule has 40 heavy (non-hydrogen) atoms. The summed E-state index contributed by atoms with van der Waals surface area (Å²) in [7, 11) is 0. The largest absolute Gasteiger partial charge is 0.444 e. The standard InChI is InChI=1S/C30H39N5O5/c1-18(2)25(28(38)33-23(26(31)36)15-19-11-7-6-8-12-19)35-27(37)24(34-29(39)40-30(3,4)5)16-20-17-32-22-14-10-9-13-21(20)22/h6-14,17-18,23-25,32H,15-16H2,1-5H3,(H2,31,36)(H,33,38)(H,34,39)(H,35,37)/t23-,24+,25-/m0/s1. The van der Waals surface area contributed by atoms with Crippen LogP contribution in [0.25, 0.3) is 10.9 Å². The van der Waals surface area contributed by atoms with Crippen molar-refractivity contribution in [1.82, 2.24) is 20.9 Å². The summed E-state index contributed by atoms with van der Waals surface area (Å²) in [6.07, 6.45) is 1.40. The highest BCUT2D eigenvalue weighted by Gasteiger charge is 2.32. The molecule has 2 aromatic carbocycles. The molecule has 0 radical (unpaired) electrons. The van der Waals surface area contributed by atoms with Crippen molar-refractivity contribution in [1.29, 1.82) is 0 Å². The summed E-state index contributed by atoms with van der Waals surface area (Å²) >= 11 is 0. The second-order valence-corrected chi connectivity index (χ2v) is 11.1. The van der Waals surface area contributed by atoms with Gasteiger partial charge in [-0.2, -0.15) is 0 Å². The molecule has 10 heteroatoms. The number of fused-ring (bicyclic) bond motifs is 1. The van der Waals surface area contributed by atoms with E-state index in [-0.39, 0.29) is 18.8 Å². The molecule has 3 aromatic rings. The van der Waals surface area contributed by atoms with Crippen molar-refractivity contribution in [3.8, 4) is 0 Å². The van der Waals surface area contributed by atoms with Gasteiger partial charge < -0.3 is 31.4 Å². The number of carbonyl (C=O) groups excluding carboxylic acids is 4. The Labute approximate surface area is 234 Å². The number of H-pyrrole nitrogens is 1. The van der Waals surface area contributed by atoms with Crippen LogP contribution in [-0.4, -0.2) is 52.5 Å². The SMILES string of the molecule is CC(C)[C@H](NC(=O)[C@@H](Cc1c[nH]c2ccccc12)NC(=O)OC(C)(C)C)C(=O)N[C@@H](Cc1ccccc1)C(N)=O. The Balaban J connectivity index is 1.79. The van der Waals surface area contributed by atoms with Gasteiger partial charge in [0.05, 0.1) is 0 Å². The minimum absolute atomic E-state index is 0.152. The lowest BCUT2D eigenvalue weighted by molar-refractivity contribution is -0.133. The Hall–Kier alpha value is -4.34. The molecular weight excluding hydrogens is 510 g/mol. The highest BCUT2D eigenvalue weighted by Crippen LogP contribution is 2.20. The van der Waals surface area contributed by atoms with Crippen LogP contribution in [0.3, 0.4) is 0 Å². The zero-order valence-corrected chi connectivity index (χ0v) is 23.6. The monoisotopic (exact) mass is 549 g/mol. The maximum Gasteiger partial charge on any atom is 0.408 e. The molecule has 0 unspecified atom stereocenters. The number of primary amides is 1. The quantitative estimate of drug-likeness (QED) is 0.249. The van der Waals surface area contributed by atoms with E-state index in [1.165, 1.54) is 0 Å². The van der Waals surface area contributed by atoms with E-state index < -0.39 is 47.5 Å². The van der Waals surface area contributed by atoms with E-state index in [2.05, 4.69) is 20.9 Å². The first-order valence-corrected chi connectivity index (χ1v) is 13.3. The van der Waals surface area contributed by atoms with Gasteiger partial charge in [0.25, 0.3) is 0 Å². The maximum atomic E-state index is 13.6. The first-order chi connectivity index (χ1) is 18.8. The fraction of sp³-hybridized carbons (Fsp3) is 0.400. The lowest BCUT2D eigenvalue weighted by Gasteiger charge is -2.27. The first-order valence-electron chi connectivity index (χ1n) is 13.3. The number of carbonyl (C=O) groups is 4. The molecule has 1 aromatic heterocycles. The molecule has 10 nitrogen and oxygen atoms in total. The zero-order chi connectivity index (χ0) is 29.4. The van der Waals surface area contributed by atoms with Crippen LogP contribution in [0.4, 0.5) is 4.79 Å². The number of aromatic nitrogens is 1. The third-order valence-electron chi connectivity index (χ3n) is 6.30. The Morgan fingerprint density at radius 3 is 2.12 bits per heavy atom. The van der Waals surface area contributed by atoms with Gasteiger partial charge in [0, 0.05) is 29.9 Å². The van der Waals surface area contributed by atoms with Crippen LogP contribution in [-0.2, 0) is 32.0 Å². The second-order valence-electron chi connectivity index (χ2n) is 11.1. The Bertz CT molecular complexity index is 1330. The van der Waals surface area contributed by atoms with Gasteiger partial charge in [0.1, 0.15) is 23.7 Å². The van der Waals surface area contributed by atoms with E-state index in [4.69, 9.17) is 10.5 Å². The average Bonchev–Trinajstić information content (AvgIpc) is 3.28. The van der Waals surface area contributed by atoms with E-state index in [9.17, 15) is 19.2 Å². The lowest BCUT2D eigenvalue weighted by atomic mass is 9.99. The summed E-state index contributed by atoms with van der Waals surface area (Å²) in [5, 5.41) is 9.03. The van der Waals surface area contributed by atoms with Gasteiger partial charge in [-0.05, 0) is 43.9 Å². The topological polar surface area (TPSA) is 155 Å². The third kappa shape index (κ3) is 8.59. The number of rotatable bonds is 11. The van der Waals surface area contributed by atoms with E-state index in [1.54, 1.807) is 40.8 Å². The number of alkyl carbamates (subject to hydrolysis) is 1. The minimum Gasteiger partial charge on any atom is -0.444 e. The molecule has 0 aliphatic rings. The van der Waals surface area contributed by atoms with Crippen LogP contribution in [0.15, 0.2) is 60.8 Å². The van der Waals surface area contributed by atoms with Crippen LogP contribution in [0.5, 0.6) is 0 Å². The van der Waals surface area contributed by atoms with Gasteiger partial charge in [-0.25, -0.2) is 4.79 Å². The van der Waals surface area contributed by atoms with Gasteiger partial charge in [0.2, 0.25) is 17.7 Å². The van der Waals surface area contributed by atoms with Crippen molar-refractivity contribution in [3.63, 3.8) is 0 Å². The molecule has 0 saturated carbocycles. The van der Waals surface area contributed by atoms with Gasteiger partial charge in [-0.1, -0.05) is 62.4 Å². The van der Waals surface area contributed by atoms with Crippen molar-refractivity contribution >= 4 is 34.7 Å². The average molecular weight is 550 g/mol. The Morgan fingerprint density at radius 1 is 0.850 bits per heavy atom. The van der Waals surface area contributed by atoms with Crippen molar-refractivity contribution in [2.24, 2.45) is 11.7 Å². The fourth-order valence-electron chi connectivity index (χ4n) is 4.30. The number of ether oxygens (including phenoxy) is 1. The zero-order valence-electron chi connectivity index (χ0n) is 23.6. The molecule has 1 heterocycles. The fourth-order valence-corrected chi connectivity index (χ4v) is 4.30. The molecule has 0 bridgehead atoms. The molecule has 3 atom stereocenters. The number of benzene rings is 2. The lowest BCUT2D eigenvalue weighted by Crippen LogP contribution is -2.58. The predicted octanol–water partition coefficient (Wildman–Crippen LogP) is 2.96. The Morgan fingerprint density at radius 2 is 1.50 bits per heavy atom. The van der Waals surface area contributed by atoms with Crippen LogP contribution in [0.2, 0.25) is 0 Å². The molecule has 6 N–H and O–H groups in total. The van der Waals surface area contributed by atoms with E-state index >= 15 is 0 Å². The van der Waals surface area contributed by atoms with Crippen molar-refractivity contribution in [2.45, 2.75) is 71.2 Å². The van der Waals surface area contributed by atoms with Crippen LogP contribution >= 0.6 is 0 Å². The number of para-hydroxylation sites is 1. The van der Waals surface area contributed by atoms with Gasteiger partial charge in [-0.15, -0.1) is 0 Å². The molecule has 0 fully saturated rings. The molecule has 4 amide bonds. The molecule has 214 valence electrons. The summed E-state index contributed by atoms with van der Waals surface area (Å²) in [6, 6.07) is 13.8. The second kappa shape index (κ2) is 13.1. The number of hydrogen-bond donors (Lipinski definition) is 5. The summed E-state index contributed by atoms with van der Waals surface area (Å²) in [5.74, 6) is -2.13. The van der Waals surface area contributed by atoms with E-state index in [0.717, 1.165) is 22.0 Å². The van der Waals surface area contributed by atoms with Gasteiger partial charge in [-0.3, -0.25) is 14.4 Å². The number of amides is 4. The number of aromatic amines is 1. The van der Waals surface area contributed by atoms with Crippen LogP contribution < -0.4 is 21.7 Å². The van der Waals surface area contributed by atoms with Crippen molar-refractivity contribution in [2.75, 3.05) is 0 Å². The molecule has 0 saturated heterocycles. The van der Waals surface area contributed by atoms with Crippen molar-refractivity contribution in [3.05, 3.63) is 71.9 Å². The summed E-state index contributed by atoms with van der Waals surface area (Å²) in [4.78, 5) is 54.8. The molecule has 0 spiro atoms. The number of nitrogens with two attached hydrogens (primary N) is 1. The number of nitrogens with one attached hydrogen (secondary N) is 4. The maximum absolute atomic E-state index is 13.6. The highest BCUT2D eigenvalue weighted by atomic mass is 16.6. The molecule has 0 aliphatic carbocycles. The van der Waals surface area contributed by atoms with Crippen LogP contribution in [0.1, 0.15) is 45.7 Å². The summed E-state index contributed by atoms with van der Waals surface area (Å²) < 4.78 is 5.39. The summed E-state index contributed by atoms with van der Waals surface area (Å²) in [5.41, 5.74) is 7.35. The van der Waals surface area contributed by atoms with Crippen molar-refractivity contribution < 1.29 is 23.9 Å². The normalized spacial score (nSPS) is 13.8. The van der Waals surface area contributed by atoms with Gasteiger partial charge >= 0.3 is 6.09 Å². The number of hydrogen-bond acceptors (Lipinski definition) is 5. The van der Waals surface area contributed by atoms with E-state index in [0.29, 0.717) is 0 Å². The van der Waals surface area contributed by atoms with Gasteiger partial charge in [0.15, 0.2) is 0 Å². The Kier molecular flexibility index (Phi) is 9.93. The van der Waals surface area contributed by atoms with E-state index in [1.807, 2.05) is 54.6 Å².